The minimum Gasteiger partial charge on any atom is -0.397 e. The van der Waals surface area contributed by atoms with Crippen molar-refractivity contribution < 1.29 is 4.79 Å². The lowest BCUT2D eigenvalue weighted by Gasteiger charge is -2.13. The quantitative estimate of drug-likeness (QED) is 0.767. The molecule has 0 saturated carbocycles. The van der Waals surface area contributed by atoms with Crippen LogP contribution in [0.1, 0.15) is 18.4 Å². The third-order valence-corrected chi connectivity index (χ3v) is 3.63. The first-order valence-electron chi connectivity index (χ1n) is 4.68. The van der Waals surface area contributed by atoms with Crippen LogP contribution in [0.25, 0.3) is 0 Å². The SMILES string of the molecule is Nc1c(Br)cc(C2=NNC(=O)CC2)cc1Br. The van der Waals surface area contributed by atoms with E-state index in [1.807, 2.05) is 12.1 Å². The van der Waals surface area contributed by atoms with Crippen molar-refractivity contribution in [3.8, 4) is 0 Å². The number of nitrogens with two attached hydrogens (primary N) is 1. The monoisotopic (exact) mass is 345 g/mol. The Morgan fingerprint density at radius 2 is 1.88 bits per heavy atom. The van der Waals surface area contributed by atoms with Crippen LogP contribution < -0.4 is 11.2 Å². The summed E-state index contributed by atoms with van der Waals surface area (Å²) >= 11 is 6.76. The Hall–Kier alpha value is -0.880. The van der Waals surface area contributed by atoms with Gasteiger partial charge in [-0.25, -0.2) is 5.43 Å². The smallest absolute Gasteiger partial charge is 0.240 e. The van der Waals surface area contributed by atoms with Crippen molar-refractivity contribution in [2.75, 3.05) is 5.73 Å². The van der Waals surface area contributed by atoms with Gasteiger partial charge < -0.3 is 5.73 Å². The third-order valence-electron chi connectivity index (χ3n) is 2.32. The molecule has 84 valence electrons. The molecule has 6 heteroatoms. The van der Waals surface area contributed by atoms with E-state index >= 15 is 0 Å². The predicted molar refractivity (Wildman–Crippen MR) is 70.2 cm³/mol. The summed E-state index contributed by atoms with van der Waals surface area (Å²) in [5.74, 6) is -0.0441. The second-order valence-electron chi connectivity index (χ2n) is 3.45. The Bertz CT molecular complexity index is 462. The highest BCUT2D eigenvalue weighted by Gasteiger charge is 2.15. The van der Waals surface area contributed by atoms with Gasteiger partial charge in [0.25, 0.3) is 0 Å². The van der Waals surface area contributed by atoms with Gasteiger partial charge in [0, 0.05) is 27.4 Å². The van der Waals surface area contributed by atoms with Crippen molar-refractivity contribution in [1.82, 2.24) is 5.43 Å². The first-order chi connectivity index (χ1) is 7.58. The average Bonchev–Trinajstić information content (AvgIpc) is 2.26. The van der Waals surface area contributed by atoms with Crippen molar-refractivity contribution in [1.29, 1.82) is 0 Å². The Morgan fingerprint density at radius 1 is 1.25 bits per heavy atom. The van der Waals surface area contributed by atoms with Crippen LogP contribution in [-0.4, -0.2) is 11.6 Å². The molecule has 1 aromatic carbocycles. The number of amides is 1. The second kappa shape index (κ2) is 4.55. The summed E-state index contributed by atoms with van der Waals surface area (Å²) in [6.07, 6.45) is 1.12. The number of nitrogens with zero attached hydrogens (tertiary/aromatic N) is 1. The summed E-state index contributed by atoms with van der Waals surface area (Å²) in [7, 11) is 0. The van der Waals surface area contributed by atoms with Gasteiger partial charge in [0.15, 0.2) is 0 Å². The topological polar surface area (TPSA) is 67.5 Å². The Balaban J connectivity index is 2.38. The van der Waals surface area contributed by atoms with Crippen LogP contribution in [0.5, 0.6) is 0 Å². The number of carbonyl (C=O) groups is 1. The number of rotatable bonds is 1. The fourth-order valence-corrected chi connectivity index (χ4v) is 2.62. The predicted octanol–water partition coefficient (Wildman–Crippen LogP) is 2.41. The molecule has 1 aliphatic heterocycles. The van der Waals surface area contributed by atoms with Crippen LogP contribution in [0.3, 0.4) is 0 Å². The van der Waals surface area contributed by atoms with E-state index < -0.39 is 0 Å². The van der Waals surface area contributed by atoms with E-state index in [4.69, 9.17) is 5.73 Å². The highest BCUT2D eigenvalue weighted by atomic mass is 79.9. The summed E-state index contributed by atoms with van der Waals surface area (Å²) in [5, 5.41) is 4.03. The molecule has 1 amide bonds. The maximum absolute atomic E-state index is 11.0. The summed E-state index contributed by atoms with van der Waals surface area (Å²) in [5.41, 5.74) is 10.7. The van der Waals surface area contributed by atoms with E-state index in [2.05, 4.69) is 42.4 Å². The average molecular weight is 347 g/mol. The summed E-state index contributed by atoms with van der Waals surface area (Å²) in [4.78, 5) is 11.0. The molecule has 0 unspecified atom stereocenters. The molecule has 0 bridgehead atoms. The molecule has 0 radical (unpaired) electrons. The van der Waals surface area contributed by atoms with Gasteiger partial charge in [-0.15, -0.1) is 0 Å². The molecule has 0 aromatic heterocycles. The summed E-state index contributed by atoms with van der Waals surface area (Å²) in [6.45, 7) is 0. The Kier molecular flexibility index (Phi) is 3.30. The second-order valence-corrected chi connectivity index (χ2v) is 5.16. The lowest BCUT2D eigenvalue weighted by Crippen LogP contribution is -2.25. The molecule has 4 nitrogen and oxygen atoms in total. The molecule has 0 aliphatic carbocycles. The molecule has 0 atom stereocenters. The number of halogens is 2. The van der Waals surface area contributed by atoms with Gasteiger partial charge in [-0.1, -0.05) is 0 Å². The molecule has 16 heavy (non-hydrogen) atoms. The van der Waals surface area contributed by atoms with Crippen molar-refractivity contribution >= 4 is 49.2 Å². The number of carbonyl (C=O) groups excluding carboxylic acids is 1. The normalized spacial score (nSPS) is 15.6. The van der Waals surface area contributed by atoms with E-state index in [0.717, 1.165) is 20.2 Å². The van der Waals surface area contributed by atoms with Crippen molar-refractivity contribution in [3.63, 3.8) is 0 Å². The van der Waals surface area contributed by atoms with Gasteiger partial charge >= 0.3 is 0 Å². The largest absolute Gasteiger partial charge is 0.397 e. The van der Waals surface area contributed by atoms with Gasteiger partial charge in [-0.3, -0.25) is 4.79 Å². The van der Waals surface area contributed by atoms with Gasteiger partial charge in [-0.05, 0) is 44.0 Å². The fraction of sp³-hybridized carbons (Fsp3) is 0.200. The Labute approximate surface area is 110 Å². The van der Waals surface area contributed by atoms with E-state index in [-0.39, 0.29) is 5.91 Å². The molecule has 1 aromatic rings. The zero-order chi connectivity index (χ0) is 11.7. The number of hydrogen-bond donors (Lipinski definition) is 2. The van der Waals surface area contributed by atoms with Crippen molar-refractivity contribution in [3.05, 3.63) is 26.6 Å². The first-order valence-corrected chi connectivity index (χ1v) is 6.27. The number of hydrogen-bond acceptors (Lipinski definition) is 3. The van der Waals surface area contributed by atoms with Crippen molar-refractivity contribution in [2.24, 2.45) is 5.10 Å². The van der Waals surface area contributed by atoms with E-state index in [0.29, 0.717) is 18.5 Å². The number of nitrogens with one attached hydrogen (secondary N) is 1. The number of hydrazone groups is 1. The van der Waals surface area contributed by atoms with Crippen LogP contribution in [0.2, 0.25) is 0 Å². The van der Waals surface area contributed by atoms with E-state index in [1.54, 1.807) is 0 Å². The molecule has 1 aliphatic rings. The first kappa shape index (κ1) is 11.6. The zero-order valence-electron chi connectivity index (χ0n) is 8.26. The fourth-order valence-electron chi connectivity index (χ4n) is 1.43. The van der Waals surface area contributed by atoms with E-state index in [9.17, 15) is 4.79 Å². The van der Waals surface area contributed by atoms with Crippen LogP contribution >= 0.6 is 31.9 Å². The zero-order valence-corrected chi connectivity index (χ0v) is 11.4. The molecular weight excluding hydrogens is 338 g/mol. The van der Waals surface area contributed by atoms with Crippen LogP contribution in [0, 0.1) is 0 Å². The third kappa shape index (κ3) is 2.27. The standard InChI is InChI=1S/C10H9Br2N3O/c11-6-3-5(4-7(12)10(6)13)8-1-2-9(16)15-14-8/h3-4H,1-2,13H2,(H,15,16). The van der Waals surface area contributed by atoms with Gasteiger partial charge in [0.1, 0.15) is 0 Å². The van der Waals surface area contributed by atoms with Crippen LogP contribution in [0.15, 0.2) is 26.2 Å². The molecular formula is C10H9Br2N3O. The van der Waals surface area contributed by atoms with Crippen LogP contribution in [0.4, 0.5) is 5.69 Å². The lowest BCUT2D eigenvalue weighted by atomic mass is 10.0. The molecule has 0 spiro atoms. The molecule has 1 heterocycles. The van der Waals surface area contributed by atoms with Gasteiger partial charge in [0.2, 0.25) is 5.91 Å². The highest BCUT2D eigenvalue weighted by Crippen LogP contribution is 2.30. The number of nitrogen functional groups attached to an aromatic ring is 1. The maximum Gasteiger partial charge on any atom is 0.240 e. The maximum atomic E-state index is 11.0. The minimum atomic E-state index is -0.0441. The summed E-state index contributed by atoms with van der Waals surface area (Å²) in [6, 6.07) is 3.80. The number of anilines is 1. The lowest BCUT2D eigenvalue weighted by molar-refractivity contribution is -0.121. The van der Waals surface area contributed by atoms with E-state index in [1.165, 1.54) is 0 Å². The van der Waals surface area contributed by atoms with Crippen LogP contribution in [-0.2, 0) is 4.79 Å². The highest BCUT2D eigenvalue weighted by molar-refractivity contribution is 9.11. The number of benzene rings is 1. The van der Waals surface area contributed by atoms with Gasteiger partial charge in [-0.2, -0.15) is 5.10 Å². The molecule has 0 fully saturated rings. The van der Waals surface area contributed by atoms with Crippen molar-refractivity contribution in [2.45, 2.75) is 12.8 Å². The molecule has 3 N–H and O–H groups in total. The van der Waals surface area contributed by atoms with Gasteiger partial charge in [0.05, 0.1) is 11.4 Å². The molecule has 2 rings (SSSR count). The molecule has 0 saturated heterocycles. The minimum absolute atomic E-state index is 0.0441. The Morgan fingerprint density at radius 3 is 2.38 bits per heavy atom. The summed E-state index contributed by atoms with van der Waals surface area (Å²) < 4.78 is 1.63.